The van der Waals surface area contributed by atoms with E-state index >= 15 is 0 Å². The van der Waals surface area contributed by atoms with E-state index in [1.165, 1.54) is 7.05 Å². The van der Waals surface area contributed by atoms with E-state index in [-0.39, 0.29) is 35.6 Å². The van der Waals surface area contributed by atoms with Gasteiger partial charge in [0, 0.05) is 55.5 Å². The number of hydrogen-bond donors (Lipinski definition) is 0. The van der Waals surface area contributed by atoms with Crippen molar-refractivity contribution in [2.75, 3.05) is 33.2 Å². The molecule has 1 aromatic carbocycles. The molecule has 0 aromatic heterocycles. The van der Waals surface area contributed by atoms with E-state index < -0.39 is 24.4 Å². The fourth-order valence-corrected chi connectivity index (χ4v) is 5.33. The number of carbonyl (C=O) groups excluding carboxylic acids is 3. The maximum Gasteiger partial charge on any atom is 0.425 e. The summed E-state index contributed by atoms with van der Waals surface area (Å²) in [5, 5.41) is 0.527. The second-order valence-corrected chi connectivity index (χ2v) is 11.2. The second-order valence-electron chi connectivity index (χ2n) is 10.8. The Hall–Kier alpha value is -2.49. The van der Waals surface area contributed by atoms with E-state index in [1.807, 2.05) is 11.8 Å². The zero-order valence-electron chi connectivity index (χ0n) is 21.3. The molecule has 1 saturated carbocycles. The number of halogens is 4. The number of amides is 3. The zero-order chi connectivity index (χ0) is 27.1. The molecule has 2 aliphatic heterocycles. The van der Waals surface area contributed by atoms with Gasteiger partial charge >= 0.3 is 12.3 Å². The Labute approximate surface area is 219 Å². The fraction of sp³-hybridized carbons (Fsp3) is 0.654. The molecule has 3 amide bonds. The molecular weight excluding hydrogens is 511 g/mol. The predicted molar refractivity (Wildman–Crippen MR) is 131 cm³/mol. The van der Waals surface area contributed by atoms with Crippen molar-refractivity contribution in [3.05, 3.63) is 34.9 Å². The zero-order valence-corrected chi connectivity index (χ0v) is 22.0. The normalized spacial score (nSPS) is 24.5. The van der Waals surface area contributed by atoms with Crippen LogP contribution in [-0.2, 0) is 14.3 Å². The number of alkyl halides is 3. The number of carbonyl (C=O) groups is 3. The minimum Gasteiger partial charge on any atom is -0.437 e. The van der Waals surface area contributed by atoms with Crippen LogP contribution in [0.1, 0.15) is 51.0 Å². The topological polar surface area (TPSA) is 70.2 Å². The van der Waals surface area contributed by atoms with Crippen LogP contribution >= 0.6 is 11.6 Å². The summed E-state index contributed by atoms with van der Waals surface area (Å²) in [5.41, 5.74) is 0.583. The third-order valence-electron chi connectivity index (χ3n) is 8.07. The highest BCUT2D eigenvalue weighted by molar-refractivity contribution is 6.30. The Bertz CT molecular complexity index is 1020. The molecule has 1 unspecified atom stereocenters. The van der Waals surface area contributed by atoms with Crippen molar-refractivity contribution >= 4 is 29.5 Å². The molecule has 204 valence electrons. The third kappa shape index (κ3) is 5.99. The quantitative estimate of drug-likeness (QED) is 0.540. The van der Waals surface area contributed by atoms with Gasteiger partial charge in [-0.25, -0.2) is 4.79 Å². The molecule has 1 aromatic rings. The molecule has 3 aliphatic rings. The lowest BCUT2D eigenvalue weighted by Crippen LogP contribution is -2.47. The molecule has 1 aliphatic carbocycles. The molecule has 0 bridgehead atoms. The number of piperidine rings is 1. The molecule has 2 saturated heterocycles. The van der Waals surface area contributed by atoms with Crippen molar-refractivity contribution in [1.82, 2.24) is 14.7 Å². The van der Waals surface area contributed by atoms with Crippen LogP contribution in [0.2, 0.25) is 5.02 Å². The van der Waals surface area contributed by atoms with E-state index in [0.717, 1.165) is 30.2 Å². The molecule has 0 radical (unpaired) electrons. The SMILES string of the molecule is CC(OC(=O)N(C)[C@@H]1CN(C(=O)C2CCN(C(=O)C3(C)CC3)CC2)C[C@H]1c1ccc(Cl)cc1)C(F)(F)F. The van der Waals surface area contributed by atoms with Crippen LogP contribution in [0.5, 0.6) is 0 Å². The van der Waals surface area contributed by atoms with Gasteiger partial charge in [-0.1, -0.05) is 30.7 Å². The molecule has 0 spiro atoms. The lowest BCUT2D eigenvalue weighted by molar-refractivity contribution is -0.199. The molecule has 2 heterocycles. The molecular formula is C26H33ClF3N3O4. The Morgan fingerprint density at radius 2 is 1.68 bits per heavy atom. The minimum absolute atomic E-state index is 0.0587. The largest absolute Gasteiger partial charge is 0.437 e. The highest BCUT2D eigenvalue weighted by Gasteiger charge is 2.48. The van der Waals surface area contributed by atoms with Gasteiger partial charge in [0.2, 0.25) is 11.8 Å². The van der Waals surface area contributed by atoms with E-state index in [9.17, 15) is 27.6 Å². The van der Waals surface area contributed by atoms with Crippen molar-refractivity contribution in [3.63, 3.8) is 0 Å². The molecule has 3 fully saturated rings. The van der Waals surface area contributed by atoms with Gasteiger partial charge < -0.3 is 19.4 Å². The third-order valence-corrected chi connectivity index (χ3v) is 8.32. The van der Waals surface area contributed by atoms with Crippen LogP contribution in [0.25, 0.3) is 0 Å². The van der Waals surface area contributed by atoms with Gasteiger partial charge in [0.15, 0.2) is 6.10 Å². The van der Waals surface area contributed by atoms with Crippen LogP contribution in [0.3, 0.4) is 0 Å². The van der Waals surface area contributed by atoms with Gasteiger partial charge in [-0.15, -0.1) is 0 Å². The standard InChI is InChI=1S/C26H33ClF3N3O4/c1-16(26(28,29)30)37-24(36)31(3)21-15-33(14-20(21)17-4-6-19(27)7-5-17)22(34)18-8-12-32(13-9-18)23(35)25(2)10-11-25/h4-7,16,18,20-21H,8-15H2,1-3H3/t16?,20-,21+/m0/s1. The van der Waals surface area contributed by atoms with Gasteiger partial charge in [0.25, 0.3) is 0 Å². The summed E-state index contributed by atoms with van der Waals surface area (Å²) in [5.74, 6) is -0.466. The van der Waals surface area contributed by atoms with Crippen LogP contribution in [0.4, 0.5) is 18.0 Å². The van der Waals surface area contributed by atoms with E-state index in [4.69, 9.17) is 11.6 Å². The fourth-order valence-electron chi connectivity index (χ4n) is 5.20. The summed E-state index contributed by atoms with van der Waals surface area (Å²) in [6.07, 6.45) is -5.07. The van der Waals surface area contributed by atoms with Crippen LogP contribution in [0, 0.1) is 11.3 Å². The minimum atomic E-state index is -4.67. The molecule has 7 nitrogen and oxygen atoms in total. The number of ether oxygens (including phenoxy) is 1. The van der Waals surface area contributed by atoms with Gasteiger partial charge in [-0.05, 0) is 50.3 Å². The average Bonchev–Trinajstić information content (AvgIpc) is 3.46. The van der Waals surface area contributed by atoms with Crippen LogP contribution < -0.4 is 0 Å². The van der Waals surface area contributed by atoms with E-state index in [1.54, 1.807) is 29.2 Å². The van der Waals surface area contributed by atoms with Crippen molar-refractivity contribution in [2.45, 2.75) is 63.8 Å². The number of likely N-dealkylation sites (N-methyl/N-ethyl adjacent to an activating group) is 1. The number of rotatable bonds is 5. The Kier molecular flexibility index (Phi) is 7.70. The van der Waals surface area contributed by atoms with Gasteiger partial charge in [0.05, 0.1) is 6.04 Å². The summed E-state index contributed by atoms with van der Waals surface area (Å²) in [6, 6.07) is 6.43. The summed E-state index contributed by atoms with van der Waals surface area (Å²) < 4.78 is 43.6. The van der Waals surface area contributed by atoms with Crippen molar-refractivity contribution in [2.24, 2.45) is 11.3 Å². The van der Waals surface area contributed by atoms with Gasteiger partial charge in [-0.2, -0.15) is 13.2 Å². The van der Waals surface area contributed by atoms with Crippen molar-refractivity contribution < 1.29 is 32.3 Å². The summed E-state index contributed by atoms with van der Waals surface area (Å²) in [7, 11) is 1.40. The summed E-state index contributed by atoms with van der Waals surface area (Å²) >= 11 is 6.03. The maximum atomic E-state index is 13.5. The first-order valence-electron chi connectivity index (χ1n) is 12.6. The molecule has 0 N–H and O–H groups in total. The molecule has 37 heavy (non-hydrogen) atoms. The lowest BCUT2D eigenvalue weighted by Gasteiger charge is -2.34. The second kappa shape index (κ2) is 10.3. The number of likely N-dealkylation sites (tertiary alicyclic amines) is 2. The van der Waals surface area contributed by atoms with Gasteiger partial charge in [0.1, 0.15) is 0 Å². The molecule has 4 rings (SSSR count). The van der Waals surface area contributed by atoms with Crippen LogP contribution in [0.15, 0.2) is 24.3 Å². The Morgan fingerprint density at radius 1 is 1.08 bits per heavy atom. The highest BCUT2D eigenvalue weighted by atomic mass is 35.5. The van der Waals surface area contributed by atoms with E-state index in [0.29, 0.717) is 37.5 Å². The van der Waals surface area contributed by atoms with Crippen LogP contribution in [-0.4, -0.2) is 84.2 Å². The summed E-state index contributed by atoms with van der Waals surface area (Å²) in [4.78, 5) is 43.5. The number of hydrogen-bond acceptors (Lipinski definition) is 4. The first-order valence-corrected chi connectivity index (χ1v) is 13.0. The number of nitrogens with zero attached hydrogens (tertiary/aromatic N) is 3. The Morgan fingerprint density at radius 3 is 2.22 bits per heavy atom. The van der Waals surface area contributed by atoms with Gasteiger partial charge in [-0.3, -0.25) is 9.59 Å². The molecule has 11 heteroatoms. The maximum absolute atomic E-state index is 13.5. The lowest BCUT2D eigenvalue weighted by atomic mass is 9.93. The first-order chi connectivity index (χ1) is 17.3. The predicted octanol–water partition coefficient (Wildman–Crippen LogP) is 4.69. The first kappa shape index (κ1) is 27.5. The monoisotopic (exact) mass is 543 g/mol. The highest BCUT2D eigenvalue weighted by Crippen LogP contribution is 2.47. The number of benzene rings is 1. The molecule has 3 atom stereocenters. The van der Waals surface area contributed by atoms with Crippen molar-refractivity contribution in [3.8, 4) is 0 Å². The average molecular weight is 544 g/mol. The Balaban J connectivity index is 1.45. The smallest absolute Gasteiger partial charge is 0.425 e. The summed E-state index contributed by atoms with van der Waals surface area (Å²) in [6.45, 7) is 4.32. The van der Waals surface area contributed by atoms with E-state index in [2.05, 4.69) is 4.74 Å². The van der Waals surface area contributed by atoms with Crippen molar-refractivity contribution in [1.29, 1.82) is 0 Å².